The van der Waals surface area contributed by atoms with Crippen LogP contribution in [0.2, 0.25) is 0 Å². The molecule has 4 nitrogen and oxygen atoms in total. The van der Waals surface area contributed by atoms with Gasteiger partial charge in [-0.2, -0.15) is 0 Å². The van der Waals surface area contributed by atoms with Crippen LogP contribution in [0.1, 0.15) is 50.4 Å². The number of halogens is 2. The minimum Gasteiger partial charge on any atom is -0.336 e. The molecule has 1 aromatic rings. The average molecular weight is 365 g/mol. The fourth-order valence-corrected chi connectivity index (χ4v) is 4.45. The van der Waals surface area contributed by atoms with Gasteiger partial charge in [-0.25, -0.2) is 8.78 Å². The number of piperidine rings is 2. The van der Waals surface area contributed by atoms with Crippen LogP contribution in [0.15, 0.2) is 18.2 Å². The average Bonchev–Trinajstić information content (AvgIpc) is 2.56. The Bertz CT molecular complexity index is 652. The summed E-state index contributed by atoms with van der Waals surface area (Å²) in [6.07, 6.45) is 2.86. The highest BCUT2D eigenvalue weighted by Crippen LogP contribution is 2.45. The summed E-state index contributed by atoms with van der Waals surface area (Å²) in [4.78, 5) is 21.2. The van der Waals surface area contributed by atoms with Gasteiger partial charge in [0.15, 0.2) is 0 Å². The van der Waals surface area contributed by atoms with E-state index in [1.807, 2.05) is 25.1 Å². The summed E-state index contributed by atoms with van der Waals surface area (Å²) in [6.45, 7) is 5.87. The van der Waals surface area contributed by atoms with Crippen molar-refractivity contribution >= 4 is 5.91 Å². The number of carbonyl (C=O) groups is 1. The molecule has 2 aliphatic rings. The van der Waals surface area contributed by atoms with Crippen molar-refractivity contribution in [3.8, 4) is 0 Å². The maximum atomic E-state index is 14.5. The number of carbonyl (C=O) groups excluding carboxylic acids is 1. The standard InChI is InChI=1S/C20H29F2N3O/c1-3-4-10-24-14-19(13-20(21,22)15-24)9-6-11-25(18(19)26)12-17-8-5-7-16(2)23-17/h5,7-8H,3-4,6,9-15H2,1-2H3. The van der Waals surface area contributed by atoms with E-state index in [1.165, 1.54) is 0 Å². The van der Waals surface area contributed by atoms with Gasteiger partial charge in [0.05, 0.1) is 24.2 Å². The van der Waals surface area contributed by atoms with Gasteiger partial charge in [-0.3, -0.25) is 14.7 Å². The fourth-order valence-electron chi connectivity index (χ4n) is 4.45. The van der Waals surface area contributed by atoms with Gasteiger partial charge >= 0.3 is 0 Å². The molecule has 0 saturated carbocycles. The van der Waals surface area contributed by atoms with Crippen molar-refractivity contribution in [2.75, 3.05) is 26.2 Å². The Hall–Kier alpha value is -1.56. The molecule has 2 fully saturated rings. The van der Waals surface area contributed by atoms with Gasteiger partial charge in [-0.1, -0.05) is 19.4 Å². The fraction of sp³-hybridized carbons (Fsp3) is 0.700. The molecular weight excluding hydrogens is 336 g/mol. The smallest absolute Gasteiger partial charge is 0.261 e. The second-order valence-electron chi connectivity index (χ2n) is 7.98. The van der Waals surface area contributed by atoms with Crippen molar-refractivity contribution in [2.45, 2.75) is 58.4 Å². The summed E-state index contributed by atoms with van der Waals surface area (Å²) >= 11 is 0. The third kappa shape index (κ3) is 4.22. The molecule has 2 saturated heterocycles. The maximum absolute atomic E-state index is 14.5. The zero-order chi connectivity index (χ0) is 18.8. The first kappa shape index (κ1) is 19.2. The molecule has 0 radical (unpaired) electrons. The molecule has 3 heterocycles. The Labute approximate surface area is 154 Å². The summed E-state index contributed by atoms with van der Waals surface area (Å²) in [6, 6.07) is 5.73. The number of aromatic nitrogens is 1. The molecule has 1 atom stereocenters. The van der Waals surface area contributed by atoms with E-state index in [0.717, 1.165) is 30.7 Å². The molecule has 0 aromatic carbocycles. The maximum Gasteiger partial charge on any atom is 0.261 e. The number of nitrogens with zero attached hydrogens (tertiary/aromatic N) is 3. The normalized spacial score (nSPS) is 26.5. The highest BCUT2D eigenvalue weighted by Gasteiger charge is 2.54. The summed E-state index contributed by atoms with van der Waals surface area (Å²) in [5.74, 6) is -2.92. The van der Waals surface area contributed by atoms with E-state index in [1.54, 1.807) is 9.80 Å². The number of pyridine rings is 1. The molecule has 1 spiro atoms. The van der Waals surface area contributed by atoms with Crippen LogP contribution in [-0.4, -0.2) is 52.8 Å². The molecule has 144 valence electrons. The van der Waals surface area contributed by atoms with E-state index in [-0.39, 0.29) is 18.9 Å². The summed E-state index contributed by atoms with van der Waals surface area (Å²) in [5, 5.41) is 0. The molecule has 1 amide bonds. The van der Waals surface area contributed by atoms with E-state index in [4.69, 9.17) is 0 Å². The number of amides is 1. The number of rotatable bonds is 5. The lowest BCUT2D eigenvalue weighted by Gasteiger charge is -2.49. The molecule has 26 heavy (non-hydrogen) atoms. The number of hydrogen-bond donors (Lipinski definition) is 0. The predicted molar refractivity (Wildman–Crippen MR) is 97.0 cm³/mol. The molecule has 1 unspecified atom stereocenters. The largest absolute Gasteiger partial charge is 0.336 e. The lowest BCUT2D eigenvalue weighted by molar-refractivity contribution is -0.170. The highest BCUT2D eigenvalue weighted by molar-refractivity contribution is 5.84. The first-order valence-electron chi connectivity index (χ1n) is 9.66. The molecule has 0 N–H and O–H groups in total. The molecule has 3 rings (SSSR count). The van der Waals surface area contributed by atoms with Crippen LogP contribution >= 0.6 is 0 Å². The molecule has 6 heteroatoms. The van der Waals surface area contributed by atoms with Crippen LogP contribution in [0.4, 0.5) is 8.78 Å². The zero-order valence-electron chi connectivity index (χ0n) is 15.8. The summed E-state index contributed by atoms with van der Waals surface area (Å²) in [5.41, 5.74) is 0.773. The van der Waals surface area contributed by atoms with Gasteiger partial charge in [0.25, 0.3) is 5.92 Å². The second-order valence-corrected chi connectivity index (χ2v) is 7.98. The van der Waals surface area contributed by atoms with E-state index < -0.39 is 11.3 Å². The Balaban J connectivity index is 1.78. The Kier molecular flexibility index (Phi) is 5.61. The van der Waals surface area contributed by atoms with Crippen molar-refractivity contribution in [3.63, 3.8) is 0 Å². The molecule has 0 aliphatic carbocycles. The van der Waals surface area contributed by atoms with E-state index in [2.05, 4.69) is 11.9 Å². The topological polar surface area (TPSA) is 36.4 Å². The lowest BCUT2D eigenvalue weighted by Crippen LogP contribution is -2.60. The van der Waals surface area contributed by atoms with Gasteiger partial charge in [-0.15, -0.1) is 0 Å². The minimum atomic E-state index is -2.80. The first-order chi connectivity index (χ1) is 12.3. The van der Waals surface area contributed by atoms with Crippen molar-refractivity contribution in [2.24, 2.45) is 5.41 Å². The Morgan fingerprint density at radius 3 is 2.81 bits per heavy atom. The van der Waals surface area contributed by atoms with E-state index >= 15 is 0 Å². The minimum absolute atomic E-state index is 0.118. The van der Waals surface area contributed by atoms with Crippen LogP contribution in [0.25, 0.3) is 0 Å². The van der Waals surface area contributed by atoms with Crippen molar-refractivity contribution < 1.29 is 13.6 Å². The lowest BCUT2D eigenvalue weighted by atomic mass is 9.71. The second kappa shape index (κ2) is 7.59. The summed E-state index contributed by atoms with van der Waals surface area (Å²) < 4.78 is 28.9. The van der Waals surface area contributed by atoms with E-state index in [0.29, 0.717) is 32.6 Å². The number of likely N-dealkylation sites (tertiary alicyclic amines) is 2. The van der Waals surface area contributed by atoms with Crippen LogP contribution in [0.5, 0.6) is 0 Å². The van der Waals surface area contributed by atoms with Gasteiger partial charge in [0, 0.05) is 25.2 Å². The van der Waals surface area contributed by atoms with Crippen molar-refractivity contribution in [3.05, 3.63) is 29.6 Å². The van der Waals surface area contributed by atoms with Crippen molar-refractivity contribution in [1.82, 2.24) is 14.8 Å². The number of unbranched alkanes of at least 4 members (excludes halogenated alkanes) is 1. The van der Waals surface area contributed by atoms with Gasteiger partial charge in [0.2, 0.25) is 5.91 Å². The Morgan fingerprint density at radius 2 is 2.08 bits per heavy atom. The molecule has 0 bridgehead atoms. The number of hydrogen-bond acceptors (Lipinski definition) is 3. The van der Waals surface area contributed by atoms with E-state index in [9.17, 15) is 13.6 Å². The van der Waals surface area contributed by atoms with Crippen LogP contribution in [-0.2, 0) is 11.3 Å². The number of alkyl halides is 2. The Morgan fingerprint density at radius 1 is 1.27 bits per heavy atom. The summed E-state index contributed by atoms with van der Waals surface area (Å²) in [7, 11) is 0. The first-order valence-corrected chi connectivity index (χ1v) is 9.66. The predicted octanol–water partition coefficient (Wildman–Crippen LogP) is 3.64. The zero-order valence-corrected chi connectivity index (χ0v) is 15.8. The van der Waals surface area contributed by atoms with Crippen molar-refractivity contribution in [1.29, 1.82) is 0 Å². The van der Waals surface area contributed by atoms with Gasteiger partial charge in [0.1, 0.15) is 0 Å². The molecular formula is C20H29F2N3O. The molecule has 1 aromatic heterocycles. The molecule has 2 aliphatic heterocycles. The van der Waals surface area contributed by atoms with Crippen LogP contribution in [0, 0.1) is 12.3 Å². The third-order valence-corrected chi connectivity index (χ3v) is 5.53. The van der Waals surface area contributed by atoms with Gasteiger partial charge in [-0.05, 0) is 44.9 Å². The quantitative estimate of drug-likeness (QED) is 0.799. The van der Waals surface area contributed by atoms with Crippen LogP contribution in [0.3, 0.4) is 0 Å². The monoisotopic (exact) mass is 365 g/mol. The van der Waals surface area contributed by atoms with Crippen LogP contribution < -0.4 is 0 Å². The number of aryl methyl sites for hydroxylation is 1. The third-order valence-electron chi connectivity index (χ3n) is 5.53. The van der Waals surface area contributed by atoms with Gasteiger partial charge < -0.3 is 4.90 Å². The SMILES string of the molecule is CCCCN1CC(F)(F)CC2(CCCN(Cc3cccc(C)n3)C2=O)C1. The highest BCUT2D eigenvalue weighted by atomic mass is 19.3.